The fourth-order valence-corrected chi connectivity index (χ4v) is 4.18. The van der Waals surface area contributed by atoms with Gasteiger partial charge in [0.2, 0.25) is 0 Å². The molecule has 8 heteroatoms. The van der Waals surface area contributed by atoms with Crippen LogP contribution in [-0.4, -0.2) is 29.9 Å². The average Bonchev–Trinajstić information content (AvgIpc) is 3.34. The van der Waals surface area contributed by atoms with E-state index < -0.39 is 0 Å². The van der Waals surface area contributed by atoms with Gasteiger partial charge in [-0.15, -0.1) is 11.3 Å². The molecule has 0 unspecified atom stereocenters. The smallest absolute Gasteiger partial charge is 0.265 e. The maximum atomic E-state index is 12.8. The SMILES string of the molecule is COc1ccc(-c2nn(C)c3sc(C(=O)Nc4cccc(C#N)c4)cc23)cc1OC. The number of nitrogens with one attached hydrogen (secondary N) is 1. The summed E-state index contributed by atoms with van der Waals surface area (Å²) in [7, 11) is 5.03. The third-order valence-electron chi connectivity index (χ3n) is 4.64. The van der Waals surface area contributed by atoms with Crippen LogP contribution in [0.5, 0.6) is 11.5 Å². The van der Waals surface area contributed by atoms with Gasteiger partial charge in [0.05, 0.1) is 30.7 Å². The minimum atomic E-state index is -0.232. The van der Waals surface area contributed by atoms with Gasteiger partial charge >= 0.3 is 0 Å². The number of hydrogen-bond donors (Lipinski definition) is 1. The van der Waals surface area contributed by atoms with Crippen molar-refractivity contribution in [2.75, 3.05) is 19.5 Å². The number of amides is 1. The van der Waals surface area contributed by atoms with Crippen LogP contribution in [0.2, 0.25) is 0 Å². The number of ether oxygens (including phenoxy) is 2. The van der Waals surface area contributed by atoms with Crippen LogP contribution in [0.1, 0.15) is 15.2 Å². The van der Waals surface area contributed by atoms with E-state index in [-0.39, 0.29) is 5.91 Å². The van der Waals surface area contributed by atoms with E-state index in [1.807, 2.05) is 31.3 Å². The molecule has 2 aromatic carbocycles. The lowest BCUT2D eigenvalue weighted by Gasteiger charge is -2.08. The van der Waals surface area contributed by atoms with Crippen molar-refractivity contribution in [2.45, 2.75) is 0 Å². The van der Waals surface area contributed by atoms with E-state index >= 15 is 0 Å². The number of carbonyl (C=O) groups excluding carboxylic acids is 1. The summed E-state index contributed by atoms with van der Waals surface area (Å²) in [6.45, 7) is 0. The van der Waals surface area contributed by atoms with Crippen molar-refractivity contribution in [1.29, 1.82) is 5.26 Å². The number of aromatic nitrogens is 2. The number of methoxy groups -OCH3 is 2. The molecule has 0 aliphatic heterocycles. The predicted molar refractivity (Wildman–Crippen MR) is 116 cm³/mol. The first-order valence-corrected chi connectivity index (χ1v) is 9.86. The second kappa shape index (κ2) is 7.89. The lowest BCUT2D eigenvalue weighted by molar-refractivity contribution is 0.103. The van der Waals surface area contributed by atoms with Crippen LogP contribution in [0, 0.1) is 11.3 Å². The first-order chi connectivity index (χ1) is 14.5. The zero-order chi connectivity index (χ0) is 21.3. The van der Waals surface area contributed by atoms with Gasteiger partial charge in [-0.3, -0.25) is 9.48 Å². The molecule has 150 valence electrons. The highest BCUT2D eigenvalue weighted by Crippen LogP contribution is 2.37. The molecule has 0 atom stereocenters. The minimum absolute atomic E-state index is 0.232. The Morgan fingerprint density at radius 1 is 1.13 bits per heavy atom. The van der Waals surface area contributed by atoms with Gasteiger partial charge in [0.1, 0.15) is 10.5 Å². The lowest BCUT2D eigenvalue weighted by atomic mass is 10.1. The molecule has 1 amide bonds. The first-order valence-electron chi connectivity index (χ1n) is 9.04. The molecule has 0 aliphatic rings. The van der Waals surface area contributed by atoms with Crippen molar-refractivity contribution < 1.29 is 14.3 Å². The normalized spacial score (nSPS) is 10.6. The Hall–Kier alpha value is -3.83. The van der Waals surface area contributed by atoms with Crippen LogP contribution in [0.4, 0.5) is 5.69 Å². The predicted octanol–water partition coefficient (Wildman–Crippen LogP) is 4.44. The standard InChI is InChI=1S/C22H18N4O3S/c1-26-22-16(20(25-26)14-7-8-17(28-2)18(10-14)29-3)11-19(30-22)21(27)24-15-6-4-5-13(9-15)12-23/h4-11H,1-3H3,(H,24,27). The quantitative estimate of drug-likeness (QED) is 0.517. The van der Waals surface area contributed by atoms with Crippen molar-refractivity contribution in [3.05, 3.63) is 59.0 Å². The highest BCUT2D eigenvalue weighted by Gasteiger charge is 2.19. The summed E-state index contributed by atoms with van der Waals surface area (Å²) < 4.78 is 12.5. The van der Waals surface area contributed by atoms with Crippen LogP contribution < -0.4 is 14.8 Å². The zero-order valence-electron chi connectivity index (χ0n) is 16.6. The molecule has 0 fully saturated rings. The topological polar surface area (TPSA) is 89.2 Å². The van der Waals surface area contributed by atoms with Crippen LogP contribution in [0.3, 0.4) is 0 Å². The van der Waals surface area contributed by atoms with E-state index in [1.165, 1.54) is 11.3 Å². The summed E-state index contributed by atoms with van der Waals surface area (Å²) in [4.78, 5) is 14.2. The van der Waals surface area contributed by atoms with Crippen LogP contribution in [0.15, 0.2) is 48.5 Å². The molecule has 30 heavy (non-hydrogen) atoms. The molecule has 0 bridgehead atoms. The summed E-state index contributed by atoms with van der Waals surface area (Å²) in [6.07, 6.45) is 0. The van der Waals surface area contributed by atoms with E-state index in [4.69, 9.17) is 14.7 Å². The van der Waals surface area contributed by atoms with E-state index in [9.17, 15) is 4.79 Å². The molecule has 4 rings (SSSR count). The largest absolute Gasteiger partial charge is 0.493 e. The molecular weight excluding hydrogens is 400 g/mol. The van der Waals surface area contributed by atoms with Crippen LogP contribution in [0.25, 0.3) is 21.5 Å². The minimum Gasteiger partial charge on any atom is -0.493 e. The number of fused-ring (bicyclic) bond motifs is 1. The Labute approximate surface area is 177 Å². The summed E-state index contributed by atoms with van der Waals surface area (Å²) in [5.74, 6) is 1.02. The first kappa shape index (κ1) is 19.5. The number of nitrogens with zero attached hydrogens (tertiary/aromatic N) is 3. The monoisotopic (exact) mass is 418 g/mol. The van der Waals surface area contributed by atoms with Gasteiger partial charge in [0, 0.05) is 23.7 Å². The van der Waals surface area contributed by atoms with Gasteiger partial charge < -0.3 is 14.8 Å². The fraction of sp³-hybridized carbons (Fsp3) is 0.136. The molecule has 0 aliphatic carbocycles. The fourth-order valence-electron chi connectivity index (χ4n) is 3.21. The Morgan fingerprint density at radius 2 is 1.93 bits per heavy atom. The summed E-state index contributed by atoms with van der Waals surface area (Å²) in [5, 5.41) is 17.4. The second-order valence-electron chi connectivity index (χ2n) is 6.52. The highest BCUT2D eigenvalue weighted by atomic mass is 32.1. The molecule has 2 heterocycles. The van der Waals surface area contributed by atoms with Gasteiger partial charge in [0.25, 0.3) is 5.91 Å². The number of nitriles is 1. The van der Waals surface area contributed by atoms with Crippen molar-refractivity contribution in [3.63, 3.8) is 0 Å². The number of hydrogen-bond acceptors (Lipinski definition) is 6. The van der Waals surface area contributed by atoms with Crippen molar-refractivity contribution in [3.8, 4) is 28.8 Å². The van der Waals surface area contributed by atoms with Gasteiger partial charge in [-0.2, -0.15) is 10.4 Å². The van der Waals surface area contributed by atoms with Gasteiger partial charge in [-0.1, -0.05) is 6.07 Å². The van der Waals surface area contributed by atoms with Crippen molar-refractivity contribution in [1.82, 2.24) is 9.78 Å². The third-order valence-corrected chi connectivity index (χ3v) is 5.84. The molecule has 2 aromatic heterocycles. The van der Waals surface area contributed by atoms with E-state index in [0.717, 1.165) is 21.5 Å². The summed E-state index contributed by atoms with van der Waals surface area (Å²) in [6, 6.07) is 16.3. The molecule has 0 radical (unpaired) electrons. The second-order valence-corrected chi connectivity index (χ2v) is 7.55. The van der Waals surface area contributed by atoms with Gasteiger partial charge in [0.15, 0.2) is 11.5 Å². The van der Waals surface area contributed by atoms with E-state index in [2.05, 4.69) is 16.5 Å². The summed E-state index contributed by atoms with van der Waals surface area (Å²) in [5.41, 5.74) is 2.69. The number of thiophene rings is 1. The van der Waals surface area contributed by atoms with Gasteiger partial charge in [-0.25, -0.2) is 0 Å². The molecule has 4 aromatic rings. The van der Waals surface area contributed by atoms with Crippen LogP contribution >= 0.6 is 11.3 Å². The maximum absolute atomic E-state index is 12.8. The molecule has 1 N–H and O–H groups in total. The van der Waals surface area contributed by atoms with E-state index in [1.54, 1.807) is 43.2 Å². The number of rotatable bonds is 5. The molecular formula is C22H18N4O3S. The Balaban J connectivity index is 1.70. The Morgan fingerprint density at radius 3 is 2.67 bits per heavy atom. The Kier molecular flexibility index (Phi) is 5.12. The van der Waals surface area contributed by atoms with Crippen molar-refractivity contribution >= 4 is 33.1 Å². The van der Waals surface area contributed by atoms with Crippen LogP contribution in [-0.2, 0) is 7.05 Å². The van der Waals surface area contributed by atoms with Gasteiger partial charge in [-0.05, 0) is 42.5 Å². The average molecular weight is 418 g/mol. The number of benzene rings is 2. The molecule has 0 spiro atoms. The number of anilines is 1. The third kappa shape index (κ3) is 3.47. The zero-order valence-corrected chi connectivity index (χ0v) is 17.4. The van der Waals surface area contributed by atoms with E-state index in [0.29, 0.717) is 27.6 Å². The highest BCUT2D eigenvalue weighted by molar-refractivity contribution is 7.20. The molecule has 0 saturated heterocycles. The molecule has 7 nitrogen and oxygen atoms in total. The maximum Gasteiger partial charge on any atom is 0.265 e. The summed E-state index contributed by atoms with van der Waals surface area (Å²) >= 11 is 1.36. The Bertz CT molecular complexity index is 1300. The lowest BCUT2D eigenvalue weighted by Crippen LogP contribution is -2.10. The van der Waals surface area contributed by atoms with Crippen molar-refractivity contribution in [2.24, 2.45) is 7.05 Å². The number of carbonyl (C=O) groups is 1. The number of aryl methyl sites for hydroxylation is 1. The molecule has 0 saturated carbocycles.